The summed E-state index contributed by atoms with van der Waals surface area (Å²) in [5.74, 6) is -0.390. The Morgan fingerprint density at radius 1 is 1.26 bits per heavy atom. The maximum absolute atomic E-state index is 12.9. The number of piperazine rings is 1. The largest absolute Gasteiger partial charge is 0.384 e. The lowest BCUT2D eigenvalue weighted by atomic mass is 10.2. The molecule has 6 heteroatoms. The number of likely N-dealkylation sites (N-methyl/N-ethyl adjacent to an activating group) is 1. The molecular weight excluding hydrogens is 297 g/mol. The fourth-order valence-electron chi connectivity index (χ4n) is 2.75. The molecule has 1 heterocycles. The second kappa shape index (κ2) is 8.38. The second-order valence-electron chi connectivity index (χ2n) is 6.21. The van der Waals surface area contributed by atoms with Gasteiger partial charge in [0.15, 0.2) is 0 Å². The first kappa shape index (κ1) is 17.8. The Morgan fingerprint density at radius 3 is 2.43 bits per heavy atom. The number of nitrogens with zero attached hydrogens (tertiary/aromatic N) is 3. The summed E-state index contributed by atoms with van der Waals surface area (Å²) in [6.07, 6.45) is -0.914. The molecule has 0 aromatic heterocycles. The molecule has 1 aromatic carbocycles. The number of hydrogen-bond donors (Lipinski definition) is 1. The van der Waals surface area contributed by atoms with Crippen LogP contribution in [0.15, 0.2) is 24.3 Å². The van der Waals surface area contributed by atoms with Gasteiger partial charge in [-0.25, -0.2) is 4.39 Å². The van der Waals surface area contributed by atoms with Crippen LogP contribution in [-0.4, -0.2) is 78.1 Å². The van der Waals surface area contributed by atoms with Crippen LogP contribution in [0.1, 0.15) is 12.5 Å². The highest BCUT2D eigenvalue weighted by Crippen LogP contribution is 2.07. The number of carbonyl (C=O) groups excluding carboxylic acids is 1. The average molecular weight is 323 g/mol. The smallest absolute Gasteiger partial charge is 0.251 e. The Balaban J connectivity index is 1.68. The summed E-state index contributed by atoms with van der Waals surface area (Å²) in [6.45, 7) is 7.18. The first-order valence-corrected chi connectivity index (χ1v) is 8.08. The van der Waals surface area contributed by atoms with E-state index in [0.29, 0.717) is 13.1 Å². The number of rotatable bonds is 6. The summed E-state index contributed by atoms with van der Waals surface area (Å²) in [4.78, 5) is 18.0. The second-order valence-corrected chi connectivity index (χ2v) is 6.21. The number of hydrogen-bond acceptors (Lipinski definition) is 4. The van der Waals surface area contributed by atoms with E-state index >= 15 is 0 Å². The van der Waals surface area contributed by atoms with Crippen molar-refractivity contribution in [3.05, 3.63) is 35.6 Å². The van der Waals surface area contributed by atoms with Gasteiger partial charge in [0.2, 0.25) is 0 Å². The van der Waals surface area contributed by atoms with E-state index < -0.39 is 6.10 Å². The molecule has 0 saturated carbocycles. The van der Waals surface area contributed by atoms with Gasteiger partial charge in [0, 0.05) is 45.8 Å². The molecule has 0 bridgehead atoms. The van der Waals surface area contributed by atoms with Crippen molar-refractivity contribution >= 4 is 5.91 Å². The molecule has 1 amide bonds. The van der Waals surface area contributed by atoms with Crippen LogP contribution in [0.4, 0.5) is 4.39 Å². The van der Waals surface area contributed by atoms with Gasteiger partial charge in [-0.2, -0.15) is 0 Å². The summed E-state index contributed by atoms with van der Waals surface area (Å²) in [7, 11) is 2.05. The molecule has 0 aliphatic carbocycles. The highest BCUT2D eigenvalue weighted by molar-refractivity contribution is 5.80. The van der Waals surface area contributed by atoms with Gasteiger partial charge < -0.3 is 14.9 Å². The molecule has 1 atom stereocenters. The standard InChI is InChI=1S/C17H26FN3O2/c1-14(22)17(23)21-11-9-20(10-12-21)8-7-19(2)13-15-3-5-16(18)6-4-15/h3-6,14,22H,7-13H2,1-2H3/t14-/m1/s1. The van der Waals surface area contributed by atoms with Gasteiger partial charge in [0.1, 0.15) is 11.9 Å². The minimum absolute atomic E-state index is 0.182. The first-order chi connectivity index (χ1) is 11.0. The number of halogens is 1. The Bertz CT molecular complexity index is 499. The zero-order valence-electron chi connectivity index (χ0n) is 13.9. The molecular formula is C17H26FN3O2. The molecule has 1 aliphatic heterocycles. The maximum Gasteiger partial charge on any atom is 0.251 e. The van der Waals surface area contributed by atoms with Crippen molar-refractivity contribution in [3.63, 3.8) is 0 Å². The minimum atomic E-state index is -0.914. The zero-order chi connectivity index (χ0) is 16.8. The number of benzene rings is 1. The lowest BCUT2D eigenvalue weighted by Gasteiger charge is -2.36. The van der Waals surface area contributed by atoms with Gasteiger partial charge in [0.05, 0.1) is 0 Å². The summed E-state index contributed by atoms with van der Waals surface area (Å²) < 4.78 is 12.9. The van der Waals surface area contributed by atoms with Crippen LogP contribution >= 0.6 is 0 Å². The molecule has 1 fully saturated rings. The topological polar surface area (TPSA) is 47.0 Å². The molecule has 1 N–H and O–H groups in total. The number of aliphatic hydroxyl groups is 1. The normalized spacial score (nSPS) is 17.5. The quantitative estimate of drug-likeness (QED) is 0.841. The van der Waals surface area contributed by atoms with Crippen molar-refractivity contribution in [2.24, 2.45) is 0 Å². The molecule has 0 unspecified atom stereocenters. The zero-order valence-corrected chi connectivity index (χ0v) is 13.9. The minimum Gasteiger partial charge on any atom is -0.384 e. The summed E-state index contributed by atoms with van der Waals surface area (Å²) >= 11 is 0. The van der Waals surface area contributed by atoms with Crippen LogP contribution in [-0.2, 0) is 11.3 Å². The van der Waals surface area contributed by atoms with Crippen LogP contribution < -0.4 is 0 Å². The maximum atomic E-state index is 12.9. The lowest BCUT2D eigenvalue weighted by molar-refractivity contribution is -0.141. The van der Waals surface area contributed by atoms with Crippen molar-refractivity contribution in [1.29, 1.82) is 0 Å². The van der Waals surface area contributed by atoms with E-state index in [-0.39, 0.29) is 11.7 Å². The van der Waals surface area contributed by atoms with Crippen molar-refractivity contribution in [1.82, 2.24) is 14.7 Å². The van der Waals surface area contributed by atoms with Gasteiger partial charge in [-0.05, 0) is 31.7 Å². The predicted octanol–water partition coefficient (Wildman–Crippen LogP) is 0.782. The SMILES string of the molecule is C[C@@H](O)C(=O)N1CCN(CCN(C)Cc2ccc(F)cc2)CC1. The van der Waals surface area contributed by atoms with Crippen LogP contribution in [0.25, 0.3) is 0 Å². The Hall–Kier alpha value is -1.50. The van der Waals surface area contributed by atoms with Crippen LogP contribution in [0.2, 0.25) is 0 Å². The van der Waals surface area contributed by atoms with E-state index in [4.69, 9.17) is 0 Å². The van der Waals surface area contributed by atoms with E-state index in [0.717, 1.165) is 38.3 Å². The monoisotopic (exact) mass is 323 g/mol. The molecule has 0 spiro atoms. The third-order valence-corrected chi connectivity index (χ3v) is 4.21. The highest BCUT2D eigenvalue weighted by Gasteiger charge is 2.23. The number of amides is 1. The van der Waals surface area contributed by atoms with Crippen molar-refractivity contribution in [3.8, 4) is 0 Å². The molecule has 23 heavy (non-hydrogen) atoms. The molecule has 5 nitrogen and oxygen atoms in total. The predicted molar refractivity (Wildman–Crippen MR) is 87.4 cm³/mol. The van der Waals surface area contributed by atoms with Gasteiger partial charge in [0.25, 0.3) is 5.91 Å². The van der Waals surface area contributed by atoms with Crippen LogP contribution in [0.3, 0.4) is 0 Å². The van der Waals surface area contributed by atoms with Gasteiger partial charge in [-0.1, -0.05) is 12.1 Å². The van der Waals surface area contributed by atoms with E-state index in [1.807, 2.05) is 12.1 Å². The number of carbonyl (C=O) groups is 1. The lowest BCUT2D eigenvalue weighted by Crippen LogP contribution is -2.52. The summed E-state index contributed by atoms with van der Waals surface area (Å²) in [5, 5.41) is 9.34. The Labute approximate surface area is 137 Å². The molecule has 1 aromatic rings. The van der Waals surface area contributed by atoms with Crippen LogP contribution in [0, 0.1) is 5.82 Å². The fraction of sp³-hybridized carbons (Fsp3) is 0.588. The van der Waals surface area contributed by atoms with E-state index in [2.05, 4.69) is 16.8 Å². The van der Waals surface area contributed by atoms with Crippen molar-refractivity contribution < 1.29 is 14.3 Å². The van der Waals surface area contributed by atoms with E-state index in [1.54, 1.807) is 4.90 Å². The molecule has 1 aliphatic rings. The third kappa shape index (κ3) is 5.57. The summed E-state index contributed by atoms with van der Waals surface area (Å²) in [6, 6.07) is 6.60. The number of aliphatic hydroxyl groups excluding tert-OH is 1. The molecule has 2 rings (SSSR count). The molecule has 128 valence electrons. The van der Waals surface area contributed by atoms with E-state index in [9.17, 15) is 14.3 Å². The van der Waals surface area contributed by atoms with Gasteiger partial charge in [-0.15, -0.1) is 0 Å². The van der Waals surface area contributed by atoms with E-state index in [1.165, 1.54) is 19.1 Å². The fourth-order valence-corrected chi connectivity index (χ4v) is 2.75. The molecule has 1 saturated heterocycles. The Morgan fingerprint density at radius 2 is 1.87 bits per heavy atom. The van der Waals surface area contributed by atoms with Crippen LogP contribution in [0.5, 0.6) is 0 Å². The average Bonchev–Trinajstić information content (AvgIpc) is 2.55. The van der Waals surface area contributed by atoms with Gasteiger partial charge >= 0.3 is 0 Å². The Kier molecular flexibility index (Phi) is 6.50. The van der Waals surface area contributed by atoms with Crippen molar-refractivity contribution in [2.75, 3.05) is 46.3 Å². The third-order valence-electron chi connectivity index (χ3n) is 4.21. The van der Waals surface area contributed by atoms with Crippen molar-refractivity contribution in [2.45, 2.75) is 19.6 Å². The molecule has 0 radical (unpaired) electrons. The first-order valence-electron chi connectivity index (χ1n) is 8.08. The summed E-state index contributed by atoms with van der Waals surface area (Å²) in [5.41, 5.74) is 1.10. The highest BCUT2D eigenvalue weighted by atomic mass is 19.1. The van der Waals surface area contributed by atoms with Gasteiger partial charge in [-0.3, -0.25) is 9.69 Å².